The van der Waals surface area contributed by atoms with E-state index >= 15 is 0 Å². The van der Waals surface area contributed by atoms with E-state index in [2.05, 4.69) is 47.7 Å². The average molecular weight is 324 g/mol. The van der Waals surface area contributed by atoms with Crippen LogP contribution in [0.15, 0.2) is 42.5 Å². The van der Waals surface area contributed by atoms with Gasteiger partial charge in [-0.25, -0.2) is 4.98 Å². The van der Waals surface area contributed by atoms with Gasteiger partial charge in [0, 0.05) is 13.0 Å². The summed E-state index contributed by atoms with van der Waals surface area (Å²) >= 11 is 0. The molecular formula is C20H24N2O2. The second-order valence-corrected chi connectivity index (χ2v) is 6.11. The fourth-order valence-electron chi connectivity index (χ4n) is 2.93. The lowest BCUT2D eigenvalue weighted by molar-refractivity contribution is 0.289. The van der Waals surface area contributed by atoms with Crippen LogP contribution in [0.5, 0.6) is 5.75 Å². The molecule has 0 spiro atoms. The molecule has 1 aromatic heterocycles. The van der Waals surface area contributed by atoms with E-state index in [1.165, 1.54) is 5.56 Å². The van der Waals surface area contributed by atoms with Crippen LogP contribution in [0, 0.1) is 13.8 Å². The summed E-state index contributed by atoms with van der Waals surface area (Å²) in [7, 11) is 0. The van der Waals surface area contributed by atoms with Crippen molar-refractivity contribution in [3.8, 4) is 5.75 Å². The number of para-hydroxylation sites is 2. The number of fused-ring (bicyclic) bond motifs is 1. The van der Waals surface area contributed by atoms with E-state index in [-0.39, 0.29) is 6.61 Å². The zero-order chi connectivity index (χ0) is 16.9. The van der Waals surface area contributed by atoms with Gasteiger partial charge in [0.05, 0.1) is 24.2 Å². The molecule has 0 fully saturated rings. The molecule has 0 aliphatic carbocycles. The lowest BCUT2D eigenvalue weighted by atomic mass is 10.1. The summed E-state index contributed by atoms with van der Waals surface area (Å²) in [6.07, 6.45) is 1.47. The Morgan fingerprint density at radius 3 is 2.79 bits per heavy atom. The molecule has 3 rings (SSSR count). The van der Waals surface area contributed by atoms with Crippen LogP contribution in [0.25, 0.3) is 11.0 Å². The summed E-state index contributed by atoms with van der Waals surface area (Å²) in [5.41, 5.74) is 4.47. The Morgan fingerprint density at radius 1 is 1.12 bits per heavy atom. The van der Waals surface area contributed by atoms with Gasteiger partial charge in [0.25, 0.3) is 0 Å². The van der Waals surface area contributed by atoms with E-state index in [0.717, 1.165) is 41.1 Å². The number of ether oxygens (including phenoxy) is 1. The third-order valence-corrected chi connectivity index (χ3v) is 4.20. The number of hydrogen-bond donors (Lipinski definition) is 1. The largest absolute Gasteiger partial charge is 0.493 e. The standard InChI is InChI=1S/C20H24N2O2/c1-15-8-9-16(2)19(14-15)24-13-5-11-22-18-7-4-3-6-17(18)21-20(22)10-12-23/h3-4,6-9,14,23H,5,10-13H2,1-2H3. The van der Waals surface area contributed by atoms with Gasteiger partial charge in [-0.3, -0.25) is 0 Å². The molecule has 2 aromatic carbocycles. The first-order valence-corrected chi connectivity index (χ1v) is 8.44. The molecule has 0 aliphatic heterocycles. The van der Waals surface area contributed by atoms with Crippen molar-refractivity contribution in [3.63, 3.8) is 0 Å². The molecule has 0 saturated carbocycles. The summed E-state index contributed by atoms with van der Waals surface area (Å²) in [4.78, 5) is 4.63. The second-order valence-electron chi connectivity index (χ2n) is 6.11. The van der Waals surface area contributed by atoms with Gasteiger partial charge in [0.1, 0.15) is 11.6 Å². The number of aliphatic hydroxyl groups excluding tert-OH is 1. The molecular weight excluding hydrogens is 300 g/mol. The van der Waals surface area contributed by atoms with Gasteiger partial charge >= 0.3 is 0 Å². The molecule has 0 saturated heterocycles. The van der Waals surface area contributed by atoms with Crippen molar-refractivity contribution in [1.29, 1.82) is 0 Å². The van der Waals surface area contributed by atoms with E-state index in [1.54, 1.807) is 0 Å². The zero-order valence-corrected chi connectivity index (χ0v) is 14.3. The maximum Gasteiger partial charge on any atom is 0.122 e. The Morgan fingerprint density at radius 2 is 1.96 bits per heavy atom. The quantitative estimate of drug-likeness (QED) is 0.675. The van der Waals surface area contributed by atoms with Crippen LogP contribution < -0.4 is 4.74 Å². The van der Waals surface area contributed by atoms with Crippen molar-refractivity contribution < 1.29 is 9.84 Å². The lowest BCUT2D eigenvalue weighted by Gasteiger charge is -2.12. The minimum Gasteiger partial charge on any atom is -0.493 e. The van der Waals surface area contributed by atoms with Crippen LogP contribution in [-0.4, -0.2) is 27.9 Å². The van der Waals surface area contributed by atoms with Gasteiger partial charge < -0.3 is 14.4 Å². The highest BCUT2D eigenvalue weighted by molar-refractivity contribution is 5.75. The number of nitrogens with zero attached hydrogens (tertiary/aromatic N) is 2. The number of aromatic nitrogens is 2. The molecule has 4 nitrogen and oxygen atoms in total. The second kappa shape index (κ2) is 7.49. The average Bonchev–Trinajstić information content (AvgIpc) is 2.92. The van der Waals surface area contributed by atoms with Gasteiger partial charge in [-0.2, -0.15) is 0 Å². The first-order valence-electron chi connectivity index (χ1n) is 8.44. The molecule has 24 heavy (non-hydrogen) atoms. The van der Waals surface area contributed by atoms with Crippen LogP contribution in [0.3, 0.4) is 0 Å². The van der Waals surface area contributed by atoms with Crippen LogP contribution in [-0.2, 0) is 13.0 Å². The highest BCUT2D eigenvalue weighted by atomic mass is 16.5. The number of aliphatic hydroxyl groups is 1. The number of rotatable bonds is 7. The first-order chi connectivity index (χ1) is 11.7. The van der Waals surface area contributed by atoms with Crippen molar-refractivity contribution in [2.45, 2.75) is 33.2 Å². The lowest BCUT2D eigenvalue weighted by Crippen LogP contribution is -2.09. The molecule has 0 atom stereocenters. The predicted octanol–water partition coefficient (Wildman–Crippen LogP) is 3.66. The van der Waals surface area contributed by atoms with Crippen LogP contribution >= 0.6 is 0 Å². The van der Waals surface area contributed by atoms with Gasteiger partial charge in [-0.1, -0.05) is 24.3 Å². The number of aryl methyl sites for hydroxylation is 3. The summed E-state index contributed by atoms with van der Waals surface area (Å²) in [5, 5.41) is 9.27. The van der Waals surface area contributed by atoms with Crippen molar-refractivity contribution in [3.05, 3.63) is 59.4 Å². The van der Waals surface area contributed by atoms with Crippen molar-refractivity contribution in [1.82, 2.24) is 9.55 Å². The number of benzene rings is 2. The maximum absolute atomic E-state index is 9.27. The van der Waals surface area contributed by atoms with Gasteiger partial charge in [-0.15, -0.1) is 0 Å². The Labute approximate surface area is 142 Å². The predicted molar refractivity (Wildman–Crippen MR) is 96.6 cm³/mol. The summed E-state index contributed by atoms with van der Waals surface area (Å²) in [6.45, 7) is 5.75. The Balaban J connectivity index is 1.67. The van der Waals surface area contributed by atoms with Gasteiger partial charge in [-0.05, 0) is 49.6 Å². The normalized spacial score (nSPS) is 11.1. The van der Waals surface area contributed by atoms with Crippen LogP contribution in [0.1, 0.15) is 23.4 Å². The minimum absolute atomic E-state index is 0.113. The Bertz CT molecular complexity index is 824. The molecule has 3 aromatic rings. The topological polar surface area (TPSA) is 47.3 Å². The van der Waals surface area contributed by atoms with Crippen molar-refractivity contribution in [2.24, 2.45) is 0 Å². The molecule has 4 heteroatoms. The van der Waals surface area contributed by atoms with E-state index < -0.39 is 0 Å². The van der Waals surface area contributed by atoms with Gasteiger partial charge in [0.2, 0.25) is 0 Å². The van der Waals surface area contributed by atoms with Gasteiger partial charge in [0.15, 0.2) is 0 Å². The van der Waals surface area contributed by atoms with E-state index in [4.69, 9.17) is 4.74 Å². The number of hydrogen-bond acceptors (Lipinski definition) is 3. The molecule has 0 amide bonds. The molecule has 126 valence electrons. The highest BCUT2D eigenvalue weighted by Crippen LogP contribution is 2.20. The SMILES string of the molecule is Cc1ccc(C)c(OCCCn2c(CCO)nc3ccccc32)c1. The third-order valence-electron chi connectivity index (χ3n) is 4.20. The Hall–Kier alpha value is -2.33. The van der Waals surface area contributed by atoms with Crippen LogP contribution in [0.2, 0.25) is 0 Å². The smallest absolute Gasteiger partial charge is 0.122 e. The Kier molecular flexibility index (Phi) is 5.16. The van der Waals surface area contributed by atoms with E-state index in [1.807, 2.05) is 18.2 Å². The molecule has 0 aliphatic rings. The fraction of sp³-hybridized carbons (Fsp3) is 0.350. The monoisotopic (exact) mass is 324 g/mol. The molecule has 0 bridgehead atoms. The van der Waals surface area contributed by atoms with E-state index in [9.17, 15) is 5.11 Å². The maximum atomic E-state index is 9.27. The van der Waals surface area contributed by atoms with Crippen molar-refractivity contribution in [2.75, 3.05) is 13.2 Å². The minimum atomic E-state index is 0.113. The molecule has 0 radical (unpaired) electrons. The molecule has 0 unspecified atom stereocenters. The molecule has 1 heterocycles. The first kappa shape index (κ1) is 16.5. The van der Waals surface area contributed by atoms with Crippen LogP contribution in [0.4, 0.5) is 0 Å². The summed E-state index contributed by atoms with van der Waals surface area (Å²) < 4.78 is 8.14. The highest BCUT2D eigenvalue weighted by Gasteiger charge is 2.09. The summed E-state index contributed by atoms with van der Waals surface area (Å²) in [6, 6.07) is 14.4. The fourth-order valence-corrected chi connectivity index (χ4v) is 2.93. The summed E-state index contributed by atoms with van der Waals surface area (Å²) in [5.74, 6) is 1.89. The van der Waals surface area contributed by atoms with Crippen molar-refractivity contribution >= 4 is 11.0 Å². The zero-order valence-electron chi connectivity index (χ0n) is 14.3. The number of imidazole rings is 1. The molecule has 1 N–H and O–H groups in total. The van der Waals surface area contributed by atoms with E-state index in [0.29, 0.717) is 13.0 Å². The third kappa shape index (κ3) is 3.60.